The molecule has 1 heterocycles. The van der Waals surface area contributed by atoms with Crippen molar-refractivity contribution in [3.63, 3.8) is 0 Å². The Balaban J connectivity index is 1.85. The van der Waals surface area contributed by atoms with Gasteiger partial charge in [-0.05, 0) is 29.8 Å². The van der Waals surface area contributed by atoms with Gasteiger partial charge in [-0.15, -0.1) is 0 Å². The van der Waals surface area contributed by atoms with Crippen LogP contribution in [-0.4, -0.2) is 6.61 Å². The summed E-state index contributed by atoms with van der Waals surface area (Å²) in [6.45, 7) is 1.33. The topological polar surface area (TPSA) is 71.1 Å². The van der Waals surface area contributed by atoms with E-state index < -0.39 is 0 Å². The number of benzene rings is 2. The van der Waals surface area contributed by atoms with E-state index in [1.807, 2.05) is 18.2 Å². The van der Waals surface area contributed by atoms with Gasteiger partial charge in [0.1, 0.15) is 11.8 Å². The monoisotopic (exact) mass is 343 g/mol. The lowest BCUT2D eigenvalue weighted by Gasteiger charge is -2.13. The number of nitrogens with zero attached hydrogens (tertiary/aromatic N) is 1. The maximum atomic E-state index is 9.01. The van der Waals surface area contributed by atoms with Crippen LogP contribution >= 0.6 is 15.9 Å². The van der Waals surface area contributed by atoms with Gasteiger partial charge in [0.15, 0.2) is 0 Å². The number of ether oxygens (including phenoxy) is 1. The predicted molar refractivity (Wildman–Crippen MR) is 86.2 cm³/mol. The number of fused-ring (bicyclic) bond motifs is 1. The number of hydrogen-bond acceptors (Lipinski definition) is 4. The van der Waals surface area contributed by atoms with Crippen LogP contribution in [0.4, 0.5) is 11.4 Å². The number of rotatable bonds is 3. The van der Waals surface area contributed by atoms with Gasteiger partial charge in [0, 0.05) is 23.0 Å². The molecule has 1 aliphatic heterocycles. The molecule has 0 amide bonds. The van der Waals surface area contributed by atoms with E-state index in [1.165, 1.54) is 5.56 Å². The third kappa shape index (κ3) is 2.67. The first-order chi connectivity index (χ1) is 10.2. The number of para-hydroxylation sites is 1. The SMILES string of the molecule is N#Cc1cccc(NCc2cc(Br)cc3c2OCC3)c1N. The zero-order valence-electron chi connectivity index (χ0n) is 11.3. The zero-order chi connectivity index (χ0) is 14.8. The van der Waals surface area contributed by atoms with Crippen molar-refractivity contribution in [1.82, 2.24) is 0 Å². The molecule has 0 aliphatic carbocycles. The smallest absolute Gasteiger partial charge is 0.127 e. The maximum Gasteiger partial charge on any atom is 0.127 e. The van der Waals surface area contributed by atoms with Crippen LogP contribution in [0.2, 0.25) is 0 Å². The molecule has 3 rings (SSSR count). The van der Waals surface area contributed by atoms with Gasteiger partial charge in [-0.3, -0.25) is 0 Å². The van der Waals surface area contributed by atoms with E-state index in [1.54, 1.807) is 6.07 Å². The lowest BCUT2D eigenvalue weighted by atomic mass is 10.1. The van der Waals surface area contributed by atoms with Gasteiger partial charge in [-0.25, -0.2) is 0 Å². The Morgan fingerprint density at radius 3 is 3.05 bits per heavy atom. The predicted octanol–water partition coefficient (Wildman–Crippen LogP) is 3.45. The zero-order valence-corrected chi connectivity index (χ0v) is 12.9. The van der Waals surface area contributed by atoms with E-state index in [0.29, 0.717) is 17.8 Å². The first-order valence-electron chi connectivity index (χ1n) is 6.65. The highest BCUT2D eigenvalue weighted by Gasteiger charge is 2.17. The van der Waals surface area contributed by atoms with Crippen LogP contribution in [-0.2, 0) is 13.0 Å². The highest BCUT2D eigenvalue weighted by Crippen LogP contribution is 2.34. The summed E-state index contributed by atoms with van der Waals surface area (Å²) in [5.41, 5.74) is 10.0. The first kappa shape index (κ1) is 13.8. The van der Waals surface area contributed by atoms with Gasteiger partial charge in [0.25, 0.3) is 0 Å². The summed E-state index contributed by atoms with van der Waals surface area (Å²) in [6, 6.07) is 11.6. The highest BCUT2D eigenvalue weighted by molar-refractivity contribution is 9.10. The molecule has 0 fully saturated rings. The number of hydrogen-bond donors (Lipinski definition) is 2. The summed E-state index contributed by atoms with van der Waals surface area (Å²) in [6.07, 6.45) is 0.938. The number of nitriles is 1. The summed E-state index contributed by atoms with van der Waals surface area (Å²) in [5, 5.41) is 12.3. The first-order valence-corrected chi connectivity index (χ1v) is 7.45. The molecule has 0 radical (unpaired) electrons. The van der Waals surface area contributed by atoms with Gasteiger partial charge in [-0.2, -0.15) is 5.26 Å². The Morgan fingerprint density at radius 2 is 2.24 bits per heavy atom. The Bertz CT molecular complexity index is 737. The normalized spacial score (nSPS) is 12.4. The molecule has 0 saturated carbocycles. The molecule has 1 aliphatic rings. The van der Waals surface area contributed by atoms with Gasteiger partial charge >= 0.3 is 0 Å². The second-order valence-electron chi connectivity index (χ2n) is 4.88. The molecule has 0 bridgehead atoms. The highest BCUT2D eigenvalue weighted by atomic mass is 79.9. The summed E-state index contributed by atoms with van der Waals surface area (Å²) in [5.74, 6) is 0.959. The maximum absolute atomic E-state index is 9.01. The minimum absolute atomic E-state index is 0.479. The fourth-order valence-electron chi connectivity index (χ4n) is 2.48. The lowest BCUT2D eigenvalue weighted by Crippen LogP contribution is -2.05. The fraction of sp³-hybridized carbons (Fsp3) is 0.188. The number of nitrogens with two attached hydrogens (primary N) is 1. The van der Waals surface area contributed by atoms with Crippen LogP contribution in [0.5, 0.6) is 5.75 Å². The van der Waals surface area contributed by atoms with Crippen molar-refractivity contribution in [1.29, 1.82) is 5.26 Å². The lowest BCUT2D eigenvalue weighted by molar-refractivity contribution is 0.354. The van der Waals surface area contributed by atoms with Gasteiger partial charge < -0.3 is 15.8 Å². The summed E-state index contributed by atoms with van der Waals surface area (Å²) >= 11 is 3.53. The van der Waals surface area contributed by atoms with Gasteiger partial charge in [-0.1, -0.05) is 22.0 Å². The van der Waals surface area contributed by atoms with E-state index in [0.717, 1.165) is 34.5 Å². The Labute approximate surface area is 131 Å². The van der Waals surface area contributed by atoms with E-state index in [2.05, 4.69) is 33.4 Å². The fourth-order valence-corrected chi connectivity index (χ4v) is 3.04. The third-order valence-electron chi connectivity index (χ3n) is 3.52. The quantitative estimate of drug-likeness (QED) is 0.837. The van der Waals surface area contributed by atoms with Crippen LogP contribution in [0.3, 0.4) is 0 Å². The molecular weight excluding hydrogens is 330 g/mol. The van der Waals surface area contributed by atoms with Crippen molar-refractivity contribution in [2.24, 2.45) is 0 Å². The standard InChI is InChI=1S/C16H14BrN3O/c17-13-6-10-4-5-21-16(10)12(7-13)9-20-14-3-1-2-11(8-18)15(14)19/h1-3,6-7,20H,4-5,9,19H2. The Morgan fingerprint density at radius 1 is 1.38 bits per heavy atom. The summed E-state index contributed by atoms with van der Waals surface area (Å²) in [4.78, 5) is 0. The third-order valence-corrected chi connectivity index (χ3v) is 3.98. The van der Waals surface area contributed by atoms with E-state index >= 15 is 0 Å². The van der Waals surface area contributed by atoms with E-state index in [9.17, 15) is 0 Å². The van der Waals surface area contributed by atoms with Crippen LogP contribution < -0.4 is 15.8 Å². The van der Waals surface area contributed by atoms with E-state index in [4.69, 9.17) is 15.7 Å². The number of halogens is 1. The Hall–Kier alpha value is -2.19. The average Bonchev–Trinajstić information content (AvgIpc) is 2.94. The summed E-state index contributed by atoms with van der Waals surface area (Å²) in [7, 11) is 0. The second kappa shape index (κ2) is 5.66. The molecule has 5 heteroatoms. The molecule has 0 atom stereocenters. The average molecular weight is 344 g/mol. The molecule has 0 unspecified atom stereocenters. The minimum atomic E-state index is 0.479. The molecular formula is C16H14BrN3O. The van der Waals surface area contributed by atoms with Crippen LogP contribution in [0.15, 0.2) is 34.8 Å². The second-order valence-corrected chi connectivity index (χ2v) is 5.80. The molecule has 2 aromatic carbocycles. The molecule has 0 aromatic heterocycles. The molecule has 0 saturated heterocycles. The van der Waals surface area contributed by atoms with Crippen molar-refractivity contribution in [2.75, 3.05) is 17.7 Å². The molecule has 3 N–H and O–H groups in total. The largest absolute Gasteiger partial charge is 0.493 e. The summed E-state index contributed by atoms with van der Waals surface area (Å²) < 4.78 is 6.75. The molecule has 106 valence electrons. The van der Waals surface area contributed by atoms with Crippen molar-refractivity contribution in [3.8, 4) is 11.8 Å². The van der Waals surface area contributed by atoms with Crippen molar-refractivity contribution >= 4 is 27.3 Å². The number of anilines is 2. The molecule has 21 heavy (non-hydrogen) atoms. The van der Waals surface area contributed by atoms with Crippen molar-refractivity contribution < 1.29 is 4.74 Å². The minimum Gasteiger partial charge on any atom is -0.493 e. The van der Waals surface area contributed by atoms with E-state index in [-0.39, 0.29) is 0 Å². The van der Waals surface area contributed by atoms with Crippen LogP contribution in [0, 0.1) is 11.3 Å². The molecule has 0 spiro atoms. The van der Waals surface area contributed by atoms with Gasteiger partial charge in [0.2, 0.25) is 0 Å². The van der Waals surface area contributed by atoms with Crippen molar-refractivity contribution in [2.45, 2.75) is 13.0 Å². The Kier molecular flexibility index (Phi) is 3.72. The van der Waals surface area contributed by atoms with Gasteiger partial charge in [0.05, 0.1) is 23.5 Å². The molecule has 2 aromatic rings. The van der Waals surface area contributed by atoms with Crippen LogP contribution in [0.1, 0.15) is 16.7 Å². The molecule has 4 nitrogen and oxygen atoms in total. The number of nitrogens with one attached hydrogen (secondary N) is 1. The van der Waals surface area contributed by atoms with Crippen molar-refractivity contribution in [3.05, 3.63) is 51.5 Å². The number of nitrogen functional groups attached to an aromatic ring is 1. The van der Waals surface area contributed by atoms with Crippen LogP contribution in [0.25, 0.3) is 0 Å².